The molecular weight excluding hydrogens is 334 g/mol. The summed E-state index contributed by atoms with van der Waals surface area (Å²) in [5.74, 6) is 1.22. The predicted octanol–water partition coefficient (Wildman–Crippen LogP) is 4.74. The van der Waals surface area contributed by atoms with Gasteiger partial charge in [0, 0.05) is 18.7 Å². The van der Waals surface area contributed by atoms with E-state index in [1.54, 1.807) is 0 Å². The lowest BCUT2D eigenvalue weighted by atomic mass is 9.89. The third-order valence-electron chi connectivity index (χ3n) is 5.58. The van der Waals surface area contributed by atoms with Gasteiger partial charge in [-0.2, -0.15) is 0 Å². The Bertz CT molecular complexity index is 727. The third kappa shape index (κ3) is 4.07. The van der Waals surface area contributed by atoms with Crippen molar-refractivity contribution < 1.29 is 4.74 Å². The fourth-order valence-electron chi connectivity index (χ4n) is 4.40. The first-order valence-electron chi connectivity index (χ1n) is 10.3. The van der Waals surface area contributed by atoms with Gasteiger partial charge in [-0.3, -0.25) is 5.01 Å². The molecule has 1 unspecified atom stereocenters. The molecule has 0 bridgehead atoms. The molecule has 4 heteroatoms. The summed E-state index contributed by atoms with van der Waals surface area (Å²) in [4.78, 5) is 0. The second-order valence-electron chi connectivity index (χ2n) is 7.93. The molecule has 2 heterocycles. The van der Waals surface area contributed by atoms with Gasteiger partial charge in [-0.25, -0.2) is 5.01 Å². The first-order valence-corrected chi connectivity index (χ1v) is 10.3. The zero-order valence-electron chi connectivity index (χ0n) is 17.9. The van der Waals surface area contributed by atoms with Crippen molar-refractivity contribution in [3.05, 3.63) is 57.4 Å². The molecule has 0 radical (unpaired) electrons. The standard InChI is InChI=1S/C23H35N3O/c1-7-9-10-25(8-2)26-14-17(4)13-20-22(27-15-24-23(20)26)21-18(5)11-16(3)12-19(21)6/h11-13,22,24H,7-10,14-15H2,1-6H3. The molecule has 4 nitrogen and oxygen atoms in total. The lowest BCUT2D eigenvalue weighted by molar-refractivity contribution is -0.0216. The lowest BCUT2D eigenvalue weighted by Crippen LogP contribution is -2.50. The van der Waals surface area contributed by atoms with E-state index >= 15 is 0 Å². The van der Waals surface area contributed by atoms with Crippen LogP contribution in [-0.2, 0) is 4.74 Å². The van der Waals surface area contributed by atoms with E-state index in [0.29, 0.717) is 6.73 Å². The van der Waals surface area contributed by atoms with Crippen LogP contribution >= 0.6 is 0 Å². The van der Waals surface area contributed by atoms with Crippen molar-refractivity contribution in [3.63, 3.8) is 0 Å². The summed E-state index contributed by atoms with van der Waals surface area (Å²) in [7, 11) is 0. The average Bonchev–Trinajstić information content (AvgIpc) is 2.61. The quantitative estimate of drug-likeness (QED) is 0.784. The monoisotopic (exact) mass is 369 g/mol. The Labute approximate surface area is 164 Å². The van der Waals surface area contributed by atoms with E-state index in [1.165, 1.54) is 52.1 Å². The minimum atomic E-state index is -0.00974. The molecule has 1 atom stereocenters. The Morgan fingerprint density at radius 2 is 1.85 bits per heavy atom. The zero-order chi connectivity index (χ0) is 19.6. The molecule has 148 valence electrons. The minimum absolute atomic E-state index is 0.00974. The first kappa shape index (κ1) is 20.0. The van der Waals surface area contributed by atoms with Crippen molar-refractivity contribution in [3.8, 4) is 0 Å². The average molecular weight is 370 g/mol. The second kappa shape index (κ2) is 8.49. The summed E-state index contributed by atoms with van der Waals surface area (Å²) in [6.45, 7) is 16.9. The third-order valence-corrected chi connectivity index (χ3v) is 5.58. The molecule has 0 saturated carbocycles. The summed E-state index contributed by atoms with van der Waals surface area (Å²) in [6.07, 6.45) is 4.75. The van der Waals surface area contributed by atoms with E-state index in [9.17, 15) is 0 Å². The van der Waals surface area contributed by atoms with Crippen LogP contribution in [0.1, 0.15) is 62.0 Å². The molecule has 2 aliphatic heterocycles. The van der Waals surface area contributed by atoms with E-state index < -0.39 is 0 Å². The smallest absolute Gasteiger partial charge is 0.124 e. The van der Waals surface area contributed by atoms with Gasteiger partial charge in [0.15, 0.2) is 0 Å². The van der Waals surface area contributed by atoms with Gasteiger partial charge in [-0.05, 0) is 50.8 Å². The maximum Gasteiger partial charge on any atom is 0.124 e. The van der Waals surface area contributed by atoms with Gasteiger partial charge in [-0.1, -0.05) is 49.6 Å². The Balaban J connectivity index is 2.03. The topological polar surface area (TPSA) is 27.7 Å². The number of nitrogens with zero attached hydrogens (tertiary/aromatic N) is 2. The molecule has 0 fully saturated rings. The highest BCUT2D eigenvalue weighted by molar-refractivity contribution is 5.47. The molecule has 3 rings (SSSR count). The van der Waals surface area contributed by atoms with Crippen molar-refractivity contribution in [2.75, 3.05) is 26.4 Å². The van der Waals surface area contributed by atoms with Crippen molar-refractivity contribution in [1.82, 2.24) is 15.3 Å². The largest absolute Gasteiger partial charge is 0.348 e. The van der Waals surface area contributed by atoms with Crippen LogP contribution in [0.4, 0.5) is 0 Å². The highest BCUT2D eigenvalue weighted by atomic mass is 16.5. The first-order chi connectivity index (χ1) is 13.0. The Hall–Kier alpha value is -1.78. The van der Waals surface area contributed by atoms with Gasteiger partial charge in [0.2, 0.25) is 0 Å². The second-order valence-corrected chi connectivity index (χ2v) is 7.93. The molecule has 0 aromatic heterocycles. The number of nitrogens with one attached hydrogen (secondary N) is 1. The van der Waals surface area contributed by atoms with Crippen molar-refractivity contribution in [2.24, 2.45) is 0 Å². The molecule has 27 heavy (non-hydrogen) atoms. The Morgan fingerprint density at radius 1 is 1.15 bits per heavy atom. The normalized spacial score (nSPS) is 19.9. The summed E-state index contributed by atoms with van der Waals surface area (Å²) >= 11 is 0. The predicted molar refractivity (Wildman–Crippen MR) is 112 cm³/mol. The van der Waals surface area contributed by atoms with Crippen LogP contribution in [0.25, 0.3) is 0 Å². The molecule has 0 spiro atoms. The Morgan fingerprint density at radius 3 is 2.48 bits per heavy atom. The van der Waals surface area contributed by atoms with Crippen molar-refractivity contribution in [1.29, 1.82) is 0 Å². The van der Waals surface area contributed by atoms with E-state index in [0.717, 1.165) is 19.6 Å². The van der Waals surface area contributed by atoms with Crippen LogP contribution in [0.5, 0.6) is 0 Å². The van der Waals surface area contributed by atoms with E-state index in [4.69, 9.17) is 4.74 Å². The van der Waals surface area contributed by atoms with Crippen LogP contribution in [-0.4, -0.2) is 36.4 Å². The summed E-state index contributed by atoms with van der Waals surface area (Å²) in [5.41, 5.74) is 7.89. The lowest BCUT2D eigenvalue weighted by Gasteiger charge is -2.44. The summed E-state index contributed by atoms with van der Waals surface area (Å²) in [6, 6.07) is 4.54. The fraction of sp³-hybridized carbons (Fsp3) is 0.565. The van der Waals surface area contributed by atoms with Gasteiger partial charge in [0.1, 0.15) is 18.7 Å². The maximum absolute atomic E-state index is 6.27. The molecule has 1 aromatic rings. The SMILES string of the molecule is CCCCN(CC)N1CC(C)=CC2=C1NCOC2c1c(C)cc(C)cc1C. The molecule has 0 saturated heterocycles. The highest BCUT2D eigenvalue weighted by Gasteiger charge is 2.33. The number of hydrogen-bond acceptors (Lipinski definition) is 4. The van der Waals surface area contributed by atoms with Crippen LogP contribution in [0.3, 0.4) is 0 Å². The van der Waals surface area contributed by atoms with E-state index in [-0.39, 0.29) is 6.10 Å². The number of ether oxygens (including phenoxy) is 1. The van der Waals surface area contributed by atoms with Crippen molar-refractivity contribution >= 4 is 0 Å². The van der Waals surface area contributed by atoms with Crippen molar-refractivity contribution in [2.45, 2.75) is 60.5 Å². The number of aryl methyl sites for hydroxylation is 3. The molecule has 2 aliphatic rings. The molecule has 1 N–H and O–H groups in total. The maximum atomic E-state index is 6.27. The number of hydrazine groups is 1. The highest BCUT2D eigenvalue weighted by Crippen LogP contribution is 2.38. The number of unbranched alkanes of at least 4 members (excludes halogenated alkanes) is 1. The van der Waals surface area contributed by atoms with E-state index in [2.05, 4.69) is 75.1 Å². The number of rotatable bonds is 6. The van der Waals surface area contributed by atoms with Crippen LogP contribution in [0, 0.1) is 20.8 Å². The molecule has 1 aromatic carbocycles. The fourth-order valence-corrected chi connectivity index (χ4v) is 4.40. The van der Waals surface area contributed by atoms with Crippen LogP contribution in [0.15, 0.2) is 35.2 Å². The van der Waals surface area contributed by atoms with Crippen LogP contribution < -0.4 is 5.32 Å². The molecular formula is C23H35N3O. The summed E-state index contributed by atoms with van der Waals surface area (Å²) in [5, 5.41) is 8.44. The Kier molecular flexibility index (Phi) is 6.28. The molecule has 0 amide bonds. The van der Waals surface area contributed by atoms with Gasteiger partial charge in [-0.15, -0.1) is 0 Å². The summed E-state index contributed by atoms with van der Waals surface area (Å²) < 4.78 is 6.27. The van der Waals surface area contributed by atoms with Gasteiger partial charge in [0.25, 0.3) is 0 Å². The number of benzene rings is 1. The molecule has 0 aliphatic carbocycles. The van der Waals surface area contributed by atoms with E-state index in [1.807, 2.05) is 0 Å². The van der Waals surface area contributed by atoms with Gasteiger partial charge < -0.3 is 10.1 Å². The van der Waals surface area contributed by atoms with Gasteiger partial charge >= 0.3 is 0 Å². The van der Waals surface area contributed by atoms with Gasteiger partial charge in [0.05, 0.1) is 6.54 Å². The minimum Gasteiger partial charge on any atom is -0.348 e. The number of hydrogen-bond donors (Lipinski definition) is 1. The van der Waals surface area contributed by atoms with Crippen LogP contribution in [0.2, 0.25) is 0 Å². The zero-order valence-corrected chi connectivity index (χ0v) is 17.9.